The first-order valence-electron chi connectivity index (χ1n) is 5.84. The smallest absolute Gasteiger partial charge is 0.306 e. The van der Waals surface area contributed by atoms with Crippen molar-refractivity contribution in [3.63, 3.8) is 0 Å². The maximum atomic E-state index is 12.2. The lowest BCUT2D eigenvalue weighted by molar-refractivity contribution is -0.141. The number of hydrogen-bond donors (Lipinski definition) is 0. The molecule has 1 heterocycles. The van der Waals surface area contributed by atoms with Gasteiger partial charge in [-0.2, -0.15) is 0 Å². The number of rotatable bonds is 6. The number of methoxy groups -OCH3 is 1. The predicted molar refractivity (Wildman–Crippen MR) is 77.8 cm³/mol. The Bertz CT molecular complexity index is 572. The first-order valence-corrected chi connectivity index (χ1v) is 9.34. The molecule has 106 valence electrons. The molecule has 4 nitrogen and oxygen atoms in total. The molecule has 0 saturated heterocycles. The number of carbonyl (C=O) groups excluding carboxylic acids is 1. The Morgan fingerprint density at radius 2 is 2.21 bits per heavy atom. The van der Waals surface area contributed by atoms with Gasteiger partial charge in [-0.15, -0.1) is 11.3 Å². The van der Waals surface area contributed by atoms with Crippen LogP contribution in [0, 0.1) is 5.41 Å². The molecule has 1 saturated carbocycles. The second kappa shape index (κ2) is 5.54. The Balaban J connectivity index is 1.99. The van der Waals surface area contributed by atoms with Crippen molar-refractivity contribution in [2.45, 2.75) is 25.0 Å². The van der Waals surface area contributed by atoms with Crippen molar-refractivity contribution in [2.24, 2.45) is 5.41 Å². The minimum atomic E-state index is -3.19. The standard InChI is InChI=1S/C12H15BrO4S2/c1-17-11(14)5-12(2-3-12)8-19(15,16)7-10-4-9(13)6-18-10/h4,6H,2-3,5,7-8H2,1H3. The molecule has 1 aliphatic rings. The molecule has 1 fully saturated rings. The lowest BCUT2D eigenvalue weighted by atomic mass is 10.1. The third-order valence-corrected chi connectivity index (χ3v) is 6.90. The zero-order chi connectivity index (χ0) is 14.1. The number of hydrogen-bond acceptors (Lipinski definition) is 5. The molecule has 0 aliphatic heterocycles. The molecule has 0 unspecified atom stereocenters. The Kier molecular flexibility index (Phi) is 4.37. The summed E-state index contributed by atoms with van der Waals surface area (Å²) < 4.78 is 29.9. The number of sulfone groups is 1. The summed E-state index contributed by atoms with van der Waals surface area (Å²) in [6.07, 6.45) is 1.78. The van der Waals surface area contributed by atoms with Crippen LogP contribution in [0.4, 0.5) is 0 Å². The number of carbonyl (C=O) groups is 1. The van der Waals surface area contributed by atoms with Gasteiger partial charge in [-0.25, -0.2) is 8.42 Å². The van der Waals surface area contributed by atoms with Gasteiger partial charge in [0, 0.05) is 14.7 Å². The largest absolute Gasteiger partial charge is 0.469 e. The van der Waals surface area contributed by atoms with E-state index in [4.69, 9.17) is 0 Å². The number of halogens is 1. The third kappa shape index (κ3) is 4.29. The van der Waals surface area contributed by atoms with Crippen LogP contribution < -0.4 is 0 Å². The van der Waals surface area contributed by atoms with Crippen molar-refractivity contribution in [1.82, 2.24) is 0 Å². The molecule has 0 radical (unpaired) electrons. The topological polar surface area (TPSA) is 60.4 Å². The van der Waals surface area contributed by atoms with E-state index in [9.17, 15) is 13.2 Å². The Morgan fingerprint density at radius 3 is 2.68 bits per heavy atom. The Hall–Kier alpha value is -0.400. The Morgan fingerprint density at radius 1 is 1.53 bits per heavy atom. The third-order valence-electron chi connectivity index (χ3n) is 3.21. The van der Waals surface area contributed by atoms with Crippen molar-refractivity contribution in [3.8, 4) is 0 Å². The van der Waals surface area contributed by atoms with E-state index in [-0.39, 0.29) is 29.3 Å². The van der Waals surface area contributed by atoms with Crippen LogP contribution >= 0.6 is 27.3 Å². The summed E-state index contributed by atoms with van der Waals surface area (Å²) >= 11 is 4.73. The monoisotopic (exact) mass is 366 g/mol. The minimum Gasteiger partial charge on any atom is -0.469 e. The van der Waals surface area contributed by atoms with E-state index in [2.05, 4.69) is 20.7 Å². The van der Waals surface area contributed by atoms with E-state index in [0.717, 1.165) is 22.2 Å². The molecule has 1 aliphatic carbocycles. The summed E-state index contributed by atoms with van der Waals surface area (Å²) in [5.74, 6) is -0.205. The number of esters is 1. The van der Waals surface area contributed by atoms with Gasteiger partial charge < -0.3 is 4.74 Å². The van der Waals surface area contributed by atoms with Gasteiger partial charge in [0.05, 0.1) is 25.0 Å². The fourth-order valence-corrected chi connectivity index (χ4v) is 6.08. The van der Waals surface area contributed by atoms with E-state index >= 15 is 0 Å². The summed E-state index contributed by atoms with van der Waals surface area (Å²) in [4.78, 5) is 12.1. The summed E-state index contributed by atoms with van der Waals surface area (Å²) in [7, 11) is -1.86. The highest BCUT2D eigenvalue weighted by Gasteiger charge is 2.47. The van der Waals surface area contributed by atoms with E-state index < -0.39 is 9.84 Å². The zero-order valence-electron chi connectivity index (χ0n) is 10.5. The van der Waals surface area contributed by atoms with Gasteiger partial charge in [0.2, 0.25) is 0 Å². The molecule has 0 N–H and O–H groups in total. The van der Waals surface area contributed by atoms with Crippen LogP contribution in [-0.2, 0) is 25.1 Å². The second-order valence-corrected chi connectivity index (χ2v) is 8.99. The van der Waals surface area contributed by atoms with Gasteiger partial charge in [-0.1, -0.05) is 0 Å². The average Bonchev–Trinajstić information content (AvgIpc) is 2.91. The van der Waals surface area contributed by atoms with Gasteiger partial charge in [0.15, 0.2) is 9.84 Å². The highest BCUT2D eigenvalue weighted by Crippen LogP contribution is 2.50. The molecular weight excluding hydrogens is 352 g/mol. The van der Waals surface area contributed by atoms with E-state index in [1.807, 2.05) is 11.4 Å². The summed E-state index contributed by atoms with van der Waals surface area (Å²) in [6.45, 7) is 0. The molecule has 1 aromatic heterocycles. The maximum Gasteiger partial charge on any atom is 0.306 e. The number of thiophene rings is 1. The molecule has 7 heteroatoms. The van der Waals surface area contributed by atoms with Crippen LogP contribution in [-0.4, -0.2) is 27.2 Å². The summed E-state index contributed by atoms with van der Waals surface area (Å²) in [5.41, 5.74) is -0.375. The SMILES string of the molecule is COC(=O)CC1(CS(=O)(=O)Cc2cc(Br)cs2)CC1. The van der Waals surface area contributed by atoms with Crippen LogP contribution in [0.25, 0.3) is 0 Å². The first kappa shape index (κ1) is 15.0. The van der Waals surface area contributed by atoms with E-state index in [1.54, 1.807) is 0 Å². The van der Waals surface area contributed by atoms with Crippen molar-refractivity contribution >= 4 is 43.1 Å². The van der Waals surface area contributed by atoms with Crippen LogP contribution in [0.2, 0.25) is 0 Å². The quantitative estimate of drug-likeness (QED) is 0.726. The van der Waals surface area contributed by atoms with Crippen LogP contribution in [0.3, 0.4) is 0 Å². The lowest BCUT2D eigenvalue weighted by Gasteiger charge is -2.13. The summed E-state index contributed by atoms with van der Waals surface area (Å²) in [6, 6.07) is 1.82. The van der Waals surface area contributed by atoms with Crippen LogP contribution in [0.1, 0.15) is 24.1 Å². The van der Waals surface area contributed by atoms with Gasteiger partial charge in [0.1, 0.15) is 0 Å². The number of ether oxygens (including phenoxy) is 1. The van der Waals surface area contributed by atoms with E-state index in [0.29, 0.717) is 0 Å². The molecule has 0 amide bonds. The highest BCUT2D eigenvalue weighted by atomic mass is 79.9. The average molecular weight is 367 g/mol. The first-order chi connectivity index (χ1) is 8.84. The van der Waals surface area contributed by atoms with Crippen LogP contribution in [0.15, 0.2) is 15.9 Å². The molecule has 0 aromatic carbocycles. The lowest BCUT2D eigenvalue weighted by Crippen LogP contribution is -2.22. The normalized spacial score (nSPS) is 17.2. The van der Waals surface area contributed by atoms with Crippen molar-refractivity contribution in [1.29, 1.82) is 0 Å². The highest BCUT2D eigenvalue weighted by molar-refractivity contribution is 9.10. The minimum absolute atomic E-state index is 0.0478. The second-order valence-electron chi connectivity index (χ2n) is 5.02. The molecule has 0 spiro atoms. The van der Waals surface area contributed by atoms with Crippen LogP contribution in [0.5, 0.6) is 0 Å². The Labute approximate surface area is 125 Å². The van der Waals surface area contributed by atoms with Crippen molar-refractivity contribution in [3.05, 3.63) is 20.8 Å². The van der Waals surface area contributed by atoms with Crippen molar-refractivity contribution in [2.75, 3.05) is 12.9 Å². The maximum absolute atomic E-state index is 12.2. The summed E-state index contributed by atoms with van der Waals surface area (Å²) in [5, 5.41) is 1.87. The van der Waals surface area contributed by atoms with E-state index in [1.165, 1.54) is 18.4 Å². The fourth-order valence-electron chi connectivity index (χ4n) is 2.09. The fraction of sp³-hybridized carbons (Fsp3) is 0.583. The van der Waals surface area contributed by atoms with Gasteiger partial charge in [-0.3, -0.25) is 4.79 Å². The predicted octanol–water partition coefficient (Wildman–Crippen LogP) is 2.77. The molecular formula is C12H15BrO4S2. The molecule has 0 bridgehead atoms. The molecule has 19 heavy (non-hydrogen) atoms. The van der Waals surface area contributed by atoms with Gasteiger partial charge >= 0.3 is 5.97 Å². The molecule has 0 atom stereocenters. The van der Waals surface area contributed by atoms with Gasteiger partial charge in [0.25, 0.3) is 0 Å². The molecule has 1 aromatic rings. The molecule has 2 rings (SSSR count). The van der Waals surface area contributed by atoms with Gasteiger partial charge in [-0.05, 0) is 40.3 Å². The van der Waals surface area contributed by atoms with Crippen molar-refractivity contribution < 1.29 is 17.9 Å². The zero-order valence-corrected chi connectivity index (χ0v) is 13.7.